The van der Waals surface area contributed by atoms with Gasteiger partial charge in [0.25, 0.3) is 5.91 Å². The molecule has 0 saturated heterocycles. The van der Waals surface area contributed by atoms with Gasteiger partial charge in [0, 0.05) is 28.4 Å². The fourth-order valence-electron chi connectivity index (χ4n) is 1.65. The number of carbonyl (C=O) groups is 1. The smallest absolute Gasteiger partial charge is 0.251 e. The minimum Gasteiger partial charge on any atom is -0.394 e. The molecule has 0 spiro atoms. The lowest BCUT2D eigenvalue weighted by molar-refractivity contribution is 0.0922. The summed E-state index contributed by atoms with van der Waals surface area (Å²) in [5, 5.41) is 13.7. The van der Waals surface area contributed by atoms with E-state index in [1.54, 1.807) is 30.0 Å². The third-order valence-electron chi connectivity index (χ3n) is 2.83. The number of hydrogen-bond donors (Lipinski definition) is 2. The molecule has 2 aromatic rings. The Morgan fingerprint density at radius 3 is 2.71 bits per heavy atom. The molecule has 2 rings (SSSR count). The SMILES string of the molecule is Cc1csc(SCc2ccc(C(=O)NC(C)CO)cc2)n1. The normalized spacial score (nSPS) is 12.1. The van der Waals surface area contributed by atoms with E-state index in [4.69, 9.17) is 5.11 Å². The van der Waals surface area contributed by atoms with Crippen molar-refractivity contribution in [1.82, 2.24) is 10.3 Å². The number of hydrogen-bond acceptors (Lipinski definition) is 5. The van der Waals surface area contributed by atoms with Crippen LogP contribution in [0.3, 0.4) is 0 Å². The van der Waals surface area contributed by atoms with Crippen LogP contribution in [0.4, 0.5) is 0 Å². The Labute approximate surface area is 132 Å². The first-order valence-electron chi connectivity index (χ1n) is 6.64. The molecular formula is C15H18N2O2S2. The number of aliphatic hydroxyl groups is 1. The summed E-state index contributed by atoms with van der Waals surface area (Å²) >= 11 is 3.35. The van der Waals surface area contributed by atoms with Crippen LogP contribution in [0, 0.1) is 6.92 Å². The average Bonchev–Trinajstić information content (AvgIpc) is 2.91. The molecule has 2 N–H and O–H groups in total. The predicted molar refractivity (Wildman–Crippen MR) is 86.9 cm³/mol. The summed E-state index contributed by atoms with van der Waals surface area (Å²) in [5.41, 5.74) is 2.81. The van der Waals surface area contributed by atoms with E-state index >= 15 is 0 Å². The van der Waals surface area contributed by atoms with E-state index in [0.717, 1.165) is 21.3 Å². The molecule has 1 aromatic carbocycles. The zero-order valence-corrected chi connectivity index (χ0v) is 13.6. The van der Waals surface area contributed by atoms with Gasteiger partial charge in [-0.05, 0) is 31.5 Å². The monoisotopic (exact) mass is 322 g/mol. The van der Waals surface area contributed by atoms with Crippen molar-refractivity contribution in [3.05, 3.63) is 46.5 Å². The summed E-state index contributed by atoms with van der Waals surface area (Å²) in [5.74, 6) is 0.674. The second-order valence-corrected chi connectivity index (χ2v) is 6.88. The van der Waals surface area contributed by atoms with Gasteiger partial charge in [0.05, 0.1) is 6.61 Å². The van der Waals surface area contributed by atoms with Gasteiger partial charge < -0.3 is 10.4 Å². The second kappa shape index (κ2) is 7.59. The van der Waals surface area contributed by atoms with Crippen molar-refractivity contribution in [1.29, 1.82) is 0 Å². The first-order chi connectivity index (χ1) is 10.1. The zero-order valence-electron chi connectivity index (χ0n) is 12.0. The van der Waals surface area contributed by atoms with Crippen LogP contribution in [0.15, 0.2) is 34.0 Å². The lowest BCUT2D eigenvalue weighted by atomic mass is 10.1. The number of aliphatic hydroxyl groups excluding tert-OH is 1. The standard InChI is InChI=1S/C15H18N2O2S2/c1-10(7-18)16-14(19)13-5-3-12(4-6-13)9-21-15-17-11(2)8-20-15/h3-6,8,10,18H,7,9H2,1-2H3,(H,16,19). The molecular weight excluding hydrogens is 304 g/mol. The molecule has 1 unspecified atom stereocenters. The number of aromatic nitrogens is 1. The minimum atomic E-state index is -0.235. The quantitative estimate of drug-likeness (QED) is 0.803. The van der Waals surface area contributed by atoms with Crippen molar-refractivity contribution < 1.29 is 9.90 Å². The largest absolute Gasteiger partial charge is 0.394 e. The van der Waals surface area contributed by atoms with Gasteiger partial charge in [-0.2, -0.15) is 0 Å². The van der Waals surface area contributed by atoms with Crippen LogP contribution in [-0.2, 0) is 5.75 Å². The highest BCUT2D eigenvalue weighted by molar-refractivity contribution is 8.00. The molecule has 1 heterocycles. The summed E-state index contributed by atoms with van der Waals surface area (Å²) in [4.78, 5) is 16.3. The summed E-state index contributed by atoms with van der Waals surface area (Å²) in [6.07, 6.45) is 0. The van der Waals surface area contributed by atoms with Crippen LogP contribution in [-0.4, -0.2) is 28.6 Å². The maximum absolute atomic E-state index is 11.9. The van der Waals surface area contributed by atoms with Gasteiger partial charge >= 0.3 is 0 Å². The summed E-state index contributed by atoms with van der Waals surface area (Å²) in [7, 11) is 0. The molecule has 1 aromatic heterocycles. The highest BCUT2D eigenvalue weighted by atomic mass is 32.2. The second-order valence-electron chi connectivity index (χ2n) is 4.80. The van der Waals surface area contributed by atoms with Gasteiger partial charge in [0.1, 0.15) is 4.34 Å². The Hall–Kier alpha value is -1.37. The van der Waals surface area contributed by atoms with Gasteiger partial charge in [-0.1, -0.05) is 23.9 Å². The zero-order chi connectivity index (χ0) is 15.2. The third kappa shape index (κ3) is 4.84. The molecule has 0 radical (unpaired) electrons. The van der Waals surface area contributed by atoms with Crippen LogP contribution >= 0.6 is 23.1 Å². The Morgan fingerprint density at radius 2 is 2.14 bits per heavy atom. The molecule has 6 heteroatoms. The Kier molecular flexibility index (Phi) is 5.78. The lowest BCUT2D eigenvalue weighted by Gasteiger charge is -2.10. The predicted octanol–water partition coefficient (Wildman–Crippen LogP) is 2.85. The van der Waals surface area contributed by atoms with Gasteiger partial charge in [-0.15, -0.1) is 11.3 Å². The Balaban J connectivity index is 1.91. The fraction of sp³-hybridized carbons (Fsp3) is 0.333. The summed E-state index contributed by atoms with van der Waals surface area (Å²) in [6.45, 7) is 3.69. The molecule has 0 fully saturated rings. The number of carbonyl (C=O) groups excluding carboxylic acids is 1. The molecule has 1 amide bonds. The van der Waals surface area contributed by atoms with Crippen LogP contribution < -0.4 is 5.32 Å². The van der Waals surface area contributed by atoms with E-state index in [2.05, 4.69) is 10.3 Å². The molecule has 0 aliphatic carbocycles. The topological polar surface area (TPSA) is 62.2 Å². The van der Waals surface area contributed by atoms with Crippen molar-refractivity contribution in [2.45, 2.75) is 30.0 Å². The van der Waals surface area contributed by atoms with E-state index in [1.165, 1.54) is 0 Å². The van der Waals surface area contributed by atoms with Crippen molar-refractivity contribution in [2.24, 2.45) is 0 Å². The molecule has 0 aliphatic heterocycles. The van der Waals surface area contributed by atoms with Gasteiger partial charge in [0.2, 0.25) is 0 Å². The van der Waals surface area contributed by atoms with Crippen LogP contribution in [0.1, 0.15) is 28.5 Å². The number of nitrogens with zero attached hydrogens (tertiary/aromatic N) is 1. The molecule has 0 bridgehead atoms. The van der Waals surface area contributed by atoms with E-state index in [1.807, 2.05) is 36.6 Å². The Morgan fingerprint density at radius 1 is 1.43 bits per heavy atom. The van der Waals surface area contributed by atoms with Crippen LogP contribution in [0.25, 0.3) is 0 Å². The molecule has 4 nitrogen and oxygen atoms in total. The molecule has 1 atom stereocenters. The highest BCUT2D eigenvalue weighted by Crippen LogP contribution is 2.26. The van der Waals surface area contributed by atoms with Gasteiger partial charge in [-0.3, -0.25) is 4.79 Å². The maximum Gasteiger partial charge on any atom is 0.251 e. The number of thiazole rings is 1. The lowest BCUT2D eigenvalue weighted by Crippen LogP contribution is -2.34. The number of aryl methyl sites for hydroxylation is 1. The van der Waals surface area contributed by atoms with Crippen molar-refractivity contribution >= 4 is 29.0 Å². The Bertz CT molecular complexity index is 596. The van der Waals surface area contributed by atoms with E-state index in [0.29, 0.717) is 5.56 Å². The molecule has 112 valence electrons. The van der Waals surface area contributed by atoms with Crippen molar-refractivity contribution in [2.75, 3.05) is 6.61 Å². The molecule has 0 aliphatic rings. The first-order valence-corrected chi connectivity index (χ1v) is 8.50. The maximum atomic E-state index is 11.9. The number of rotatable bonds is 6. The van der Waals surface area contributed by atoms with E-state index in [-0.39, 0.29) is 18.6 Å². The average molecular weight is 322 g/mol. The minimum absolute atomic E-state index is 0.0618. The summed E-state index contributed by atoms with van der Waals surface area (Å²) < 4.78 is 1.06. The van der Waals surface area contributed by atoms with Crippen LogP contribution in [0.2, 0.25) is 0 Å². The third-order valence-corrected chi connectivity index (χ3v) is 5.04. The fourth-order valence-corrected chi connectivity index (χ4v) is 3.45. The summed E-state index contributed by atoms with van der Waals surface area (Å²) in [6, 6.07) is 7.28. The van der Waals surface area contributed by atoms with Crippen molar-refractivity contribution in [3.8, 4) is 0 Å². The first kappa shape index (κ1) is 16.0. The van der Waals surface area contributed by atoms with Crippen molar-refractivity contribution in [3.63, 3.8) is 0 Å². The number of benzene rings is 1. The van der Waals surface area contributed by atoms with Gasteiger partial charge in [-0.25, -0.2) is 4.98 Å². The van der Waals surface area contributed by atoms with E-state index in [9.17, 15) is 4.79 Å². The molecule has 0 saturated carbocycles. The van der Waals surface area contributed by atoms with E-state index < -0.39 is 0 Å². The van der Waals surface area contributed by atoms with Gasteiger partial charge in [0.15, 0.2) is 0 Å². The number of nitrogens with one attached hydrogen (secondary N) is 1. The molecule has 21 heavy (non-hydrogen) atoms. The number of amides is 1. The number of thioether (sulfide) groups is 1. The van der Waals surface area contributed by atoms with Crippen LogP contribution in [0.5, 0.6) is 0 Å². The highest BCUT2D eigenvalue weighted by Gasteiger charge is 2.09.